The number of hydrogen-bond donors (Lipinski definition) is 1. The molecule has 10 atom stereocenters. The molecule has 7 rings (SSSR count). The maximum absolute atomic E-state index is 13.9. The number of fused-ring (bicyclic) bond motifs is 8. The zero-order valence-electron chi connectivity index (χ0n) is 20.6. The normalized spacial score (nSPS) is 49.9. The minimum Gasteiger partial charge on any atom is -0.390 e. The maximum Gasteiger partial charge on any atom is 0.158 e. The van der Waals surface area contributed by atoms with Crippen molar-refractivity contribution in [3.8, 4) is 0 Å². The Morgan fingerprint density at radius 2 is 1.85 bits per heavy atom. The molecule has 4 nitrogen and oxygen atoms in total. The van der Waals surface area contributed by atoms with E-state index >= 15 is 0 Å². The summed E-state index contributed by atoms with van der Waals surface area (Å²) in [5.41, 5.74) is 2.51. The number of rotatable bonds is 3. The lowest BCUT2D eigenvalue weighted by Crippen LogP contribution is -2.52. The molecule has 0 aromatic carbocycles. The molecular formula is C29H42N2O2. The van der Waals surface area contributed by atoms with Crippen molar-refractivity contribution in [3.05, 3.63) is 17.5 Å². The number of Topliss-reactive ketones (excluding diaryl/α,β-unsaturated/α-hetero) is 1. The molecule has 180 valence electrons. The van der Waals surface area contributed by atoms with Gasteiger partial charge in [0, 0.05) is 11.6 Å². The molecule has 0 saturated heterocycles. The molecule has 1 heterocycles. The zero-order chi connectivity index (χ0) is 22.5. The Hall–Kier alpha value is -1.16. The van der Waals surface area contributed by atoms with Gasteiger partial charge in [0.05, 0.1) is 11.8 Å². The summed E-state index contributed by atoms with van der Waals surface area (Å²) in [5.74, 6) is 6.24. The van der Waals surface area contributed by atoms with Gasteiger partial charge < -0.3 is 5.11 Å². The van der Waals surface area contributed by atoms with Gasteiger partial charge in [0.15, 0.2) is 5.78 Å². The van der Waals surface area contributed by atoms with Crippen molar-refractivity contribution in [2.24, 2.45) is 52.8 Å². The first-order valence-corrected chi connectivity index (χ1v) is 14.1. The molecule has 0 radical (unpaired) electrons. The van der Waals surface area contributed by atoms with Gasteiger partial charge in [-0.05, 0) is 136 Å². The van der Waals surface area contributed by atoms with E-state index in [1.165, 1.54) is 62.6 Å². The topological polar surface area (TPSA) is 55.1 Å². The first-order chi connectivity index (χ1) is 15.9. The van der Waals surface area contributed by atoms with E-state index in [1.807, 2.05) is 6.20 Å². The minimum absolute atomic E-state index is 0.214. The van der Waals surface area contributed by atoms with Crippen LogP contribution >= 0.6 is 0 Å². The molecule has 5 saturated carbocycles. The minimum atomic E-state index is -0.435. The fourth-order valence-corrected chi connectivity index (χ4v) is 10.6. The van der Waals surface area contributed by atoms with Gasteiger partial charge in [-0.1, -0.05) is 6.92 Å². The van der Waals surface area contributed by atoms with Gasteiger partial charge >= 0.3 is 0 Å². The van der Waals surface area contributed by atoms with E-state index in [4.69, 9.17) is 0 Å². The van der Waals surface area contributed by atoms with Crippen molar-refractivity contribution < 1.29 is 9.90 Å². The Kier molecular flexibility index (Phi) is 4.60. The highest BCUT2D eigenvalue weighted by molar-refractivity contribution is 5.83. The van der Waals surface area contributed by atoms with Crippen LogP contribution in [0.3, 0.4) is 0 Å². The van der Waals surface area contributed by atoms with Gasteiger partial charge in [0.1, 0.15) is 6.54 Å². The van der Waals surface area contributed by atoms with Crippen LogP contribution in [0.1, 0.15) is 89.3 Å². The average Bonchev–Trinajstić information content (AvgIpc) is 3.34. The second-order valence-electron chi connectivity index (χ2n) is 13.6. The van der Waals surface area contributed by atoms with E-state index in [0.717, 1.165) is 61.2 Å². The monoisotopic (exact) mass is 450 g/mol. The Morgan fingerprint density at radius 1 is 1.03 bits per heavy atom. The molecule has 6 aliphatic carbocycles. The molecule has 0 amide bonds. The number of aryl methyl sites for hydroxylation is 1. The zero-order valence-corrected chi connectivity index (χ0v) is 20.6. The number of hydrogen-bond acceptors (Lipinski definition) is 3. The molecule has 0 bridgehead atoms. The summed E-state index contributed by atoms with van der Waals surface area (Å²) < 4.78 is 2.08. The summed E-state index contributed by atoms with van der Waals surface area (Å²) in [6, 6.07) is 0. The molecule has 0 aliphatic heterocycles. The summed E-state index contributed by atoms with van der Waals surface area (Å²) >= 11 is 0. The van der Waals surface area contributed by atoms with Crippen molar-refractivity contribution in [3.63, 3.8) is 0 Å². The molecule has 1 N–H and O–H groups in total. The Morgan fingerprint density at radius 3 is 2.73 bits per heavy atom. The first kappa shape index (κ1) is 21.1. The number of carbonyl (C=O) groups excluding carboxylic acids is 1. The highest BCUT2D eigenvalue weighted by Gasteiger charge is 2.70. The van der Waals surface area contributed by atoms with Gasteiger partial charge in [-0.25, -0.2) is 0 Å². The van der Waals surface area contributed by atoms with Crippen LogP contribution in [-0.2, 0) is 24.2 Å². The van der Waals surface area contributed by atoms with E-state index in [-0.39, 0.29) is 11.3 Å². The lowest BCUT2D eigenvalue weighted by atomic mass is 9.48. The van der Waals surface area contributed by atoms with E-state index in [0.29, 0.717) is 18.2 Å². The van der Waals surface area contributed by atoms with Crippen LogP contribution in [0.25, 0.3) is 0 Å². The van der Waals surface area contributed by atoms with Gasteiger partial charge in [0.25, 0.3) is 0 Å². The van der Waals surface area contributed by atoms with Crippen LogP contribution in [0.5, 0.6) is 0 Å². The van der Waals surface area contributed by atoms with Crippen molar-refractivity contribution >= 4 is 5.78 Å². The number of ketones is 1. The maximum atomic E-state index is 13.9. The third-order valence-electron chi connectivity index (χ3n) is 11.8. The smallest absolute Gasteiger partial charge is 0.158 e. The third-order valence-corrected chi connectivity index (χ3v) is 11.8. The fraction of sp³-hybridized carbons (Fsp3) is 0.862. The van der Waals surface area contributed by atoms with Crippen LogP contribution in [-0.4, -0.2) is 26.3 Å². The van der Waals surface area contributed by atoms with Crippen LogP contribution in [0.4, 0.5) is 0 Å². The molecule has 1 aromatic rings. The van der Waals surface area contributed by atoms with E-state index in [1.54, 1.807) is 0 Å². The van der Waals surface area contributed by atoms with Gasteiger partial charge in [-0.3, -0.25) is 9.48 Å². The van der Waals surface area contributed by atoms with Gasteiger partial charge in [-0.2, -0.15) is 5.10 Å². The predicted molar refractivity (Wildman–Crippen MR) is 127 cm³/mol. The average molecular weight is 451 g/mol. The highest BCUT2D eigenvalue weighted by Crippen LogP contribution is 2.74. The van der Waals surface area contributed by atoms with Crippen LogP contribution in [0, 0.1) is 52.8 Å². The van der Waals surface area contributed by atoms with Crippen LogP contribution in [0.15, 0.2) is 6.20 Å². The van der Waals surface area contributed by atoms with Crippen molar-refractivity contribution in [2.45, 2.75) is 103 Å². The Labute approximate surface area is 198 Å². The van der Waals surface area contributed by atoms with E-state index in [9.17, 15) is 9.90 Å². The first-order valence-electron chi connectivity index (χ1n) is 14.1. The van der Waals surface area contributed by atoms with Gasteiger partial charge in [0.2, 0.25) is 0 Å². The van der Waals surface area contributed by atoms with E-state index < -0.39 is 5.60 Å². The number of aliphatic hydroxyl groups is 1. The molecule has 33 heavy (non-hydrogen) atoms. The van der Waals surface area contributed by atoms with Crippen molar-refractivity contribution in [1.29, 1.82) is 0 Å². The molecule has 0 spiro atoms. The summed E-state index contributed by atoms with van der Waals surface area (Å²) in [4.78, 5) is 13.9. The van der Waals surface area contributed by atoms with Crippen LogP contribution in [0.2, 0.25) is 0 Å². The van der Waals surface area contributed by atoms with Crippen molar-refractivity contribution in [2.75, 3.05) is 0 Å². The Balaban J connectivity index is 1.12. The quantitative estimate of drug-likeness (QED) is 0.688. The second kappa shape index (κ2) is 7.18. The highest BCUT2D eigenvalue weighted by atomic mass is 16.3. The summed E-state index contributed by atoms with van der Waals surface area (Å²) in [6.07, 6.45) is 16.5. The standard InChI is InChI=1S/C29H42N2O2/c1-28(33)11-9-19-17(14-28)7-8-21-20(19)10-12-29(2)26(21)22-13-23(22)27(29)25(32)16-31-24-6-4-3-5-18(24)15-30-31/h15,17,19-23,26-27,33H,3-14,16H2,1-2H3/t17-,19+,20-,21-,22-,23+,26-,27-,28-,29+/m1/s1. The number of aromatic nitrogens is 2. The molecule has 6 aliphatic rings. The molecule has 4 heteroatoms. The molecule has 1 aromatic heterocycles. The Bertz CT molecular complexity index is 965. The van der Waals surface area contributed by atoms with Gasteiger partial charge in [-0.15, -0.1) is 0 Å². The molecule has 5 fully saturated rings. The number of nitrogens with zero attached hydrogens (tertiary/aromatic N) is 2. The predicted octanol–water partition coefficient (Wildman–Crippen LogP) is 5.21. The lowest BCUT2D eigenvalue weighted by Gasteiger charge is -2.57. The second-order valence-corrected chi connectivity index (χ2v) is 13.6. The number of carbonyl (C=O) groups is 1. The van der Waals surface area contributed by atoms with Crippen molar-refractivity contribution in [1.82, 2.24) is 9.78 Å². The third kappa shape index (κ3) is 3.11. The van der Waals surface area contributed by atoms with E-state index in [2.05, 4.69) is 23.6 Å². The van der Waals surface area contributed by atoms with Crippen LogP contribution < -0.4 is 0 Å². The molecule has 0 unspecified atom stereocenters. The lowest BCUT2D eigenvalue weighted by molar-refractivity contribution is -0.136. The summed E-state index contributed by atoms with van der Waals surface area (Å²) in [7, 11) is 0. The SMILES string of the molecule is C[C@@]1(O)CC[C@H]2[C@H](CC[C@@H]3[C@@H]2CC[C@@]2(C)[C@H]3[C@@H]3C[C@@H]3[C@@H]2C(=O)Cn2ncc3c2CCCC3)C1. The largest absolute Gasteiger partial charge is 0.390 e. The summed E-state index contributed by atoms with van der Waals surface area (Å²) in [5, 5.41) is 15.4. The fourth-order valence-electron chi connectivity index (χ4n) is 10.6. The summed E-state index contributed by atoms with van der Waals surface area (Å²) in [6.45, 7) is 5.09. The molecular weight excluding hydrogens is 408 g/mol.